The molecule has 0 saturated carbocycles. The first kappa shape index (κ1) is 16.3. The molecule has 118 valence electrons. The van der Waals surface area contributed by atoms with Gasteiger partial charge in [0.05, 0.1) is 17.6 Å². The van der Waals surface area contributed by atoms with Gasteiger partial charge in [-0.05, 0) is 25.8 Å². The Morgan fingerprint density at radius 3 is 2.41 bits per heavy atom. The van der Waals surface area contributed by atoms with E-state index in [0.29, 0.717) is 0 Å². The first-order valence-electron chi connectivity index (χ1n) is 7.93. The van der Waals surface area contributed by atoms with E-state index >= 15 is 0 Å². The Bertz CT molecular complexity index is 661. The molecule has 0 bridgehead atoms. The van der Waals surface area contributed by atoms with Gasteiger partial charge < -0.3 is 10.0 Å². The summed E-state index contributed by atoms with van der Waals surface area (Å²) in [6.07, 6.45) is 2.08. The van der Waals surface area contributed by atoms with Crippen LogP contribution in [0.2, 0.25) is 0 Å². The fraction of sp³-hybridized carbons (Fsp3) is 0.444. The number of rotatable bonds is 7. The van der Waals surface area contributed by atoms with Crippen LogP contribution in [0.5, 0.6) is 0 Å². The molecule has 0 saturated heterocycles. The van der Waals surface area contributed by atoms with Crippen molar-refractivity contribution in [3.05, 3.63) is 35.5 Å². The molecule has 1 heterocycles. The van der Waals surface area contributed by atoms with Gasteiger partial charge in [0, 0.05) is 29.7 Å². The molecule has 0 aliphatic carbocycles. The number of aryl methyl sites for hydroxylation is 1. The zero-order valence-electron chi connectivity index (χ0n) is 13.6. The fourth-order valence-electron chi connectivity index (χ4n) is 2.95. The zero-order chi connectivity index (χ0) is 16.1. The predicted octanol–water partition coefficient (Wildman–Crippen LogP) is 3.80. The first-order chi connectivity index (χ1) is 10.6. The lowest BCUT2D eigenvalue weighted by molar-refractivity contribution is -0.136. The van der Waals surface area contributed by atoms with Crippen molar-refractivity contribution < 1.29 is 9.90 Å². The Kier molecular flexibility index (Phi) is 5.36. The fourth-order valence-corrected chi connectivity index (χ4v) is 2.95. The summed E-state index contributed by atoms with van der Waals surface area (Å²) in [4.78, 5) is 18.2. The molecule has 2 aromatic rings. The van der Waals surface area contributed by atoms with Crippen LogP contribution in [0.15, 0.2) is 24.3 Å². The molecule has 0 aliphatic heterocycles. The SMILES string of the molecule is CCCN(CCC)c1c(CC(=O)O)c(C)nc2ccccc12. The van der Waals surface area contributed by atoms with Crippen LogP contribution >= 0.6 is 0 Å². The number of carboxylic acids is 1. The summed E-state index contributed by atoms with van der Waals surface area (Å²) in [6.45, 7) is 8.05. The molecule has 0 radical (unpaired) electrons. The predicted molar refractivity (Wildman–Crippen MR) is 90.6 cm³/mol. The van der Waals surface area contributed by atoms with Gasteiger partial charge in [0.1, 0.15) is 0 Å². The average molecular weight is 300 g/mol. The van der Waals surface area contributed by atoms with Crippen molar-refractivity contribution in [3.63, 3.8) is 0 Å². The van der Waals surface area contributed by atoms with E-state index in [1.165, 1.54) is 0 Å². The maximum Gasteiger partial charge on any atom is 0.307 e. The van der Waals surface area contributed by atoms with Crippen LogP contribution < -0.4 is 4.90 Å². The molecule has 0 fully saturated rings. The van der Waals surface area contributed by atoms with Crippen molar-refractivity contribution in [1.82, 2.24) is 4.98 Å². The highest BCUT2D eigenvalue weighted by atomic mass is 16.4. The number of nitrogens with zero attached hydrogens (tertiary/aromatic N) is 2. The third kappa shape index (κ3) is 3.38. The number of hydrogen-bond acceptors (Lipinski definition) is 3. The van der Waals surface area contributed by atoms with Crippen LogP contribution in [-0.4, -0.2) is 29.1 Å². The molecular formula is C18H24N2O2. The molecule has 1 aromatic carbocycles. The van der Waals surface area contributed by atoms with Gasteiger partial charge in [-0.15, -0.1) is 0 Å². The number of fused-ring (bicyclic) bond motifs is 1. The van der Waals surface area contributed by atoms with E-state index in [0.717, 1.165) is 53.8 Å². The molecule has 0 atom stereocenters. The summed E-state index contributed by atoms with van der Waals surface area (Å²) in [5, 5.41) is 10.3. The number of para-hydroxylation sites is 1. The Morgan fingerprint density at radius 2 is 1.82 bits per heavy atom. The first-order valence-corrected chi connectivity index (χ1v) is 7.93. The molecule has 1 aromatic heterocycles. The number of hydrogen-bond donors (Lipinski definition) is 1. The molecule has 0 unspecified atom stereocenters. The van der Waals surface area contributed by atoms with E-state index in [-0.39, 0.29) is 6.42 Å². The molecule has 1 N–H and O–H groups in total. The smallest absolute Gasteiger partial charge is 0.307 e. The van der Waals surface area contributed by atoms with Gasteiger partial charge in [-0.1, -0.05) is 32.0 Å². The second kappa shape index (κ2) is 7.25. The van der Waals surface area contributed by atoms with Crippen molar-refractivity contribution in [2.75, 3.05) is 18.0 Å². The number of aliphatic carboxylic acids is 1. The number of benzene rings is 1. The van der Waals surface area contributed by atoms with E-state index < -0.39 is 5.97 Å². The van der Waals surface area contributed by atoms with Crippen molar-refractivity contribution in [2.45, 2.75) is 40.0 Å². The highest BCUT2D eigenvalue weighted by molar-refractivity contribution is 5.95. The van der Waals surface area contributed by atoms with Crippen molar-refractivity contribution >= 4 is 22.6 Å². The third-order valence-electron chi connectivity index (χ3n) is 3.80. The van der Waals surface area contributed by atoms with Gasteiger partial charge in [0.15, 0.2) is 0 Å². The highest BCUT2D eigenvalue weighted by Gasteiger charge is 2.19. The van der Waals surface area contributed by atoms with Crippen molar-refractivity contribution in [1.29, 1.82) is 0 Å². The lowest BCUT2D eigenvalue weighted by atomic mass is 10.0. The molecular weight excluding hydrogens is 276 g/mol. The lowest BCUT2D eigenvalue weighted by Crippen LogP contribution is -2.27. The van der Waals surface area contributed by atoms with Gasteiger partial charge in [0.2, 0.25) is 0 Å². The minimum atomic E-state index is -0.811. The quantitative estimate of drug-likeness (QED) is 0.845. The second-order valence-corrected chi connectivity index (χ2v) is 5.60. The summed E-state index contributed by atoms with van der Waals surface area (Å²) in [5.74, 6) is -0.811. The minimum absolute atomic E-state index is 0.0168. The molecule has 2 rings (SSSR count). The van der Waals surface area contributed by atoms with E-state index in [4.69, 9.17) is 0 Å². The van der Waals surface area contributed by atoms with Gasteiger partial charge in [0.25, 0.3) is 0 Å². The summed E-state index contributed by atoms with van der Waals surface area (Å²) in [6, 6.07) is 8.00. The number of carbonyl (C=O) groups is 1. The summed E-state index contributed by atoms with van der Waals surface area (Å²) >= 11 is 0. The van der Waals surface area contributed by atoms with Crippen LogP contribution in [-0.2, 0) is 11.2 Å². The number of aromatic nitrogens is 1. The van der Waals surface area contributed by atoms with Crippen LogP contribution in [0.25, 0.3) is 10.9 Å². The standard InChI is InChI=1S/C18H24N2O2/c1-4-10-20(11-5-2)18-14-8-6-7-9-16(14)19-13(3)15(18)12-17(21)22/h6-9H,4-5,10-12H2,1-3H3,(H,21,22). The molecule has 0 spiro atoms. The van der Waals surface area contributed by atoms with E-state index in [2.05, 4.69) is 23.7 Å². The Labute approximate surface area is 131 Å². The number of anilines is 1. The van der Waals surface area contributed by atoms with Gasteiger partial charge in [-0.3, -0.25) is 9.78 Å². The minimum Gasteiger partial charge on any atom is -0.481 e. The second-order valence-electron chi connectivity index (χ2n) is 5.60. The molecule has 4 nitrogen and oxygen atoms in total. The van der Waals surface area contributed by atoms with E-state index in [1.807, 2.05) is 31.2 Å². The van der Waals surface area contributed by atoms with Gasteiger partial charge >= 0.3 is 5.97 Å². The Hall–Kier alpha value is -2.10. The summed E-state index contributed by atoms with van der Waals surface area (Å²) < 4.78 is 0. The number of pyridine rings is 1. The Balaban J connectivity index is 2.70. The molecule has 0 aliphatic rings. The topological polar surface area (TPSA) is 53.4 Å². The Morgan fingerprint density at radius 1 is 1.18 bits per heavy atom. The summed E-state index contributed by atoms with van der Waals surface area (Å²) in [5.41, 5.74) is 3.64. The van der Waals surface area contributed by atoms with Crippen molar-refractivity contribution in [3.8, 4) is 0 Å². The van der Waals surface area contributed by atoms with E-state index in [9.17, 15) is 9.90 Å². The number of carboxylic acid groups (broad SMARTS) is 1. The van der Waals surface area contributed by atoms with Crippen LogP contribution in [0.1, 0.15) is 37.9 Å². The average Bonchev–Trinajstić information content (AvgIpc) is 2.47. The van der Waals surface area contributed by atoms with Crippen LogP contribution in [0, 0.1) is 6.92 Å². The van der Waals surface area contributed by atoms with Crippen molar-refractivity contribution in [2.24, 2.45) is 0 Å². The van der Waals surface area contributed by atoms with E-state index in [1.54, 1.807) is 0 Å². The maximum absolute atomic E-state index is 11.3. The largest absolute Gasteiger partial charge is 0.481 e. The molecule has 22 heavy (non-hydrogen) atoms. The monoisotopic (exact) mass is 300 g/mol. The van der Waals surface area contributed by atoms with Crippen LogP contribution in [0.4, 0.5) is 5.69 Å². The highest BCUT2D eigenvalue weighted by Crippen LogP contribution is 2.32. The lowest BCUT2D eigenvalue weighted by Gasteiger charge is -2.28. The van der Waals surface area contributed by atoms with Gasteiger partial charge in [-0.25, -0.2) is 0 Å². The van der Waals surface area contributed by atoms with Gasteiger partial charge in [-0.2, -0.15) is 0 Å². The summed E-state index contributed by atoms with van der Waals surface area (Å²) in [7, 11) is 0. The molecule has 4 heteroatoms. The third-order valence-corrected chi connectivity index (χ3v) is 3.80. The zero-order valence-corrected chi connectivity index (χ0v) is 13.6. The maximum atomic E-state index is 11.3. The molecule has 0 amide bonds. The normalized spacial score (nSPS) is 10.9. The van der Waals surface area contributed by atoms with Crippen LogP contribution in [0.3, 0.4) is 0 Å².